The Morgan fingerprint density at radius 1 is 1.10 bits per heavy atom. The van der Waals surface area contributed by atoms with E-state index in [9.17, 15) is 4.79 Å². The van der Waals surface area contributed by atoms with Crippen LogP contribution in [0.15, 0.2) is 54.6 Å². The lowest BCUT2D eigenvalue weighted by Crippen LogP contribution is -2.16. The normalized spacial score (nSPS) is 11.7. The fourth-order valence-corrected chi connectivity index (χ4v) is 1.93. The van der Waals surface area contributed by atoms with Crippen LogP contribution in [0, 0.1) is 0 Å². The van der Waals surface area contributed by atoms with Crippen LogP contribution < -0.4 is 10.5 Å². The van der Waals surface area contributed by atoms with Crippen LogP contribution in [0.5, 0.6) is 5.75 Å². The maximum atomic E-state index is 11.2. The number of methoxy groups -OCH3 is 1. The van der Waals surface area contributed by atoms with Gasteiger partial charge in [0, 0.05) is 6.04 Å². The molecule has 0 bridgehead atoms. The average molecular weight is 285 g/mol. The number of benzene rings is 2. The fraction of sp³-hybridized carbons (Fsp3) is 0.235. The molecular formula is C17H19NO3. The summed E-state index contributed by atoms with van der Waals surface area (Å²) >= 11 is 0. The molecule has 110 valence electrons. The van der Waals surface area contributed by atoms with Crippen LogP contribution >= 0.6 is 0 Å². The minimum Gasteiger partial charge on any atom is -0.489 e. The number of carbonyl (C=O) groups excluding carboxylic acids is 1. The predicted molar refractivity (Wildman–Crippen MR) is 80.8 cm³/mol. The van der Waals surface area contributed by atoms with E-state index >= 15 is 0 Å². The van der Waals surface area contributed by atoms with Crippen molar-refractivity contribution in [2.75, 3.05) is 7.11 Å². The molecule has 2 aromatic carbocycles. The third-order valence-corrected chi connectivity index (χ3v) is 3.17. The third-order valence-electron chi connectivity index (χ3n) is 3.17. The maximum absolute atomic E-state index is 11.2. The first kappa shape index (κ1) is 15.1. The van der Waals surface area contributed by atoms with Crippen molar-refractivity contribution < 1.29 is 14.3 Å². The molecule has 4 nitrogen and oxygen atoms in total. The fourth-order valence-electron chi connectivity index (χ4n) is 1.93. The lowest BCUT2D eigenvalue weighted by Gasteiger charge is -2.12. The van der Waals surface area contributed by atoms with Gasteiger partial charge in [-0.2, -0.15) is 0 Å². The second-order valence-corrected chi connectivity index (χ2v) is 4.73. The highest BCUT2D eigenvalue weighted by molar-refractivity contribution is 5.70. The smallest absolute Gasteiger partial charge is 0.307 e. The van der Waals surface area contributed by atoms with Gasteiger partial charge in [-0.1, -0.05) is 42.5 Å². The van der Waals surface area contributed by atoms with E-state index in [1.807, 2.05) is 54.6 Å². The van der Waals surface area contributed by atoms with Gasteiger partial charge in [-0.25, -0.2) is 0 Å². The van der Waals surface area contributed by atoms with Crippen molar-refractivity contribution >= 4 is 5.97 Å². The van der Waals surface area contributed by atoms with Gasteiger partial charge < -0.3 is 15.2 Å². The largest absolute Gasteiger partial charge is 0.489 e. The summed E-state index contributed by atoms with van der Waals surface area (Å²) in [4.78, 5) is 11.2. The summed E-state index contributed by atoms with van der Waals surface area (Å²) in [6, 6.07) is 17.1. The molecule has 0 aliphatic heterocycles. The first-order valence-corrected chi connectivity index (χ1v) is 6.78. The number of hydrogen-bond acceptors (Lipinski definition) is 4. The summed E-state index contributed by atoms with van der Waals surface area (Å²) < 4.78 is 10.3. The van der Waals surface area contributed by atoms with Crippen molar-refractivity contribution in [2.24, 2.45) is 5.73 Å². The Bertz CT molecular complexity index is 566. The zero-order valence-electron chi connectivity index (χ0n) is 12.0. The monoisotopic (exact) mass is 285 g/mol. The molecule has 0 aliphatic carbocycles. The van der Waals surface area contributed by atoms with Crippen molar-refractivity contribution in [1.82, 2.24) is 0 Å². The number of rotatable bonds is 6. The Balaban J connectivity index is 1.91. The van der Waals surface area contributed by atoms with Crippen molar-refractivity contribution in [3.63, 3.8) is 0 Å². The zero-order valence-corrected chi connectivity index (χ0v) is 12.0. The highest BCUT2D eigenvalue weighted by atomic mass is 16.5. The van der Waals surface area contributed by atoms with Crippen molar-refractivity contribution in [3.8, 4) is 5.75 Å². The van der Waals surface area contributed by atoms with Gasteiger partial charge in [0.1, 0.15) is 12.4 Å². The quantitative estimate of drug-likeness (QED) is 0.829. The zero-order chi connectivity index (χ0) is 15.1. The minimum absolute atomic E-state index is 0.167. The molecule has 0 saturated heterocycles. The van der Waals surface area contributed by atoms with Gasteiger partial charge in [-0.15, -0.1) is 0 Å². The second kappa shape index (κ2) is 7.45. The van der Waals surface area contributed by atoms with E-state index in [0.717, 1.165) is 16.9 Å². The molecule has 0 heterocycles. The Labute approximate surface area is 124 Å². The summed E-state index contributed by atoms with van der Waals surface area (Å²) in [5.74, 6) is 0.458. The lowest BCUT2D eigenvalue weighted by molar-refractivity contribution is -0.141. The average Bonchev–Trinajstić information content (AvgIpc) is 2.54. The standard InChI is InChI=1S/C17H19NO3/c1-20-17(19)11-16(18)14-7-9-15(10-8-14)21-12-13-5-3-2-4-6-13/h2-10,16H,11-12,18H2,1H3/t16-/m0/s1. The summed E-state index contributed by atoms with van der Waals surface area (Å²) in [6.07, 6.45) is 0.167. The van der Waals surface area contributed by atoms with E-state index in [0.29, 0.717) is 6.61 Å². The maximum Gasteiger partial charge on any atom is 0.307 e. The van der Waals surface area contributed by atoms with Gasteiger partial charge in [0.25, 0.3) is 0 Å². The predicted octanol–water partition coefficient (Wildman–Crippen LogP) is 2.83. The molecule has 0 aromatic heterocycles. The SMILES string of the molecule is COC(=O)C[C@H](N)c1ccc(OCc2ccccc2)cc1. The highest BCUT2D eigenvalue weighted by Crippen LogP contribution is 2.19. The molecule has 0 amide bonds. The Hall–Kier alpha value is -2.33. The van der Waals surface area contributed by atoms with Gasteiger partial charge in [0.05, 0.1) is 13.5 Å². The number of nitrogens with two attached hydrogens (primary N) is 1. The number of carbonyl (C=O) groups is 1. The molecule has 0 radical (unpaired) electrons. The van der Waals surface area contributed by atoms with E-state index in [-0.39, 0.29) is 18.4 Å². The number of esters is 1. The molecule has 4 heteroatoms. The summed E-state index contributed by atoms with van der Waals surface area (Å²) in [5, 5.41) is 0. The molecular weight excluding hydrogens is 266 g/mol. The van der Waals surface area contributed by atoms with E-state index in [1.54, 1.807) is 0 Å². The van der Waals surface area contributed by atoms with Crippen molar-refractivity contribution in [3.05, 3.63) is 65.7 Å². The van der Waals surface area contributed by atoms with E-state index in [2.05, 4.69) is 4.74 Å². The van der Waals surface area contributed by atoms with Crippen LogP contribution in [0.4, 0.5) is 0 Å². The van der Waals surface area contributed by atoms with Crippen molar-refractivity contribution in [2.45, 2.75) is 19.1 Å². The van der Waals surface area contributed by atoms with E-state index < -0.39 is 0 Å². The minimum atomic E-state index is -0.361. The Kier molecular flexibility index (Phi) is 5.35. The molecule has 0 saturated carbocycles. The van der Waals surface area contributed by atoms with Crippen LogP contribution in [0.2, 0.25) is 0 Å². The van der Waals surface area contributed by atoms with Gasteiger partial charge in [-0.3, -0.25) is 4.79 Å². The molecule has 0 fully saturated rings. The number of hydrogen-bond donors (Lipinski definition) is 1. The third kappa shape index (κ3) is 4.61. The molecule has 2 N–H and O–H groups in total. The van der Waals surface area contributed by atoms with Gasteiger partial charge in [0.15, 0.2) is 0 Å². The van der Waals surface area contributed by atoms with Crippen molar-refractivity contribution in [1.29, 1.82) is 0 Å². The number of ether oxygens (including phenoxy) is 2. The topological polar surface area (TPSA) is 61.5 Å². The highest BCUT2D eigenvalue weighted by Gasteiger charge is 2.11. The Morgan fingerprint density at radius 3 is 2.38 bits per heavy atom. The van der Waals surface area contributed by atoms with Crippen LogP contribution in [0.3, 0.4) is 0 Å². The van der Waals surface area contributed by atoms with Crippen LogP contribution in [0.25, 0.3) is 0 Å². The van der Waals surface area contributed by atoms with Gasteiger partial charge in [0.2, 0.25) is 0 Å². The summed E-state index contributed by atoms with van der Waals surface area (Å²) in [6.45, 7) is 0.522. The molecule has 0 spiro atoms. The van der Waals surface area contributed by atoms with Gasteiger partial charge in [-0.05, 0) is 23.3 Å². The molecule has 1 atom stereocenters. The molecule has 2 aromatic rings. The lowest BCUT2D eigenvalue weighted by atomic mass is 10.0. The Morgan fingerprint density at radius 2 is 1.76 bits per heavy atom. The molecule has 0 aliphatic rings. The van der Waals surface area contributed by atoms with Crippen LogP contribution in [-0.4, -0.2) is 13.1 Å². The van der Waals surface area contributed by atoms with E-state index in [1.165, 1.54) is 7.11 Å². The molecule has 2 rings (SSSR count). The van der Waals surface area contributed by atoms with Crippen LogP contribution in [-0.2, 0) is 16.1 Å². The first-order valence-electron chi connectivity index (χ1n) is 6.78. The summed E-state index contributed by atoms with van der Waals surface area (Å²) in [5.41, 5.74) is 7.94. The second-order valence-electron chi connectivity index (χ2n) is 4.73. The summed E-state index contributed by atoms with van der Waals surface area (Å²) in [7, 11) is 1.36. The first-order chi connectivity index (χ1) is 10.2. The molecule has 21 heavy (non-hydrogen) atoms. The van der Waals surface area contributed by atoms with Crippen LogP contribution in [0.1, 0.15) is 23.6 Å². The van der Waals surface area contributed by atoms with E-state index in [4.69, 9.17) is 10.5 Å². The van der Waals surface area contributed by atoms with Gasteiger partial charge >= 0.3 is 5.97 Å². The molecule has 0 unspecified atom stereocenters.